The SMILES string of the molecule is Cn1c(=O)n(CC(F)(F)F)c2cc(NC(=O)c3ccc(NS(=O)(=O)CCO)cc3N3CCC4(CC3)CC4)ccc21. The fraction of sp³-hybridized carbons (Fsp3) is 0.462. The van der Waals surface area contributed by atoms with Crippen molar-refractivity contribution in [3.05, 3.63) is 52.4 Å². The number of nitrogens with one attached hydrogen (secondary N) is 2. The number of imidazole rings is 1. The number of rotatable bonds is 8. The van der Waals surface area contributed by atoms with E-state index in [0.29, 0.717) is 28.8 Å². The number of benzene rings is 2. The minimum atomic E-state index is -4.61. The van der Waals surface area contributed by atoms with Gasteiger partial charge in [0, 0.05) is 25.8 Å². The summed E-state index contributed by atoms with van der Waals surface area (Å²) in [5.41, 5.74) is 1.08. The molecule has 3 N–H and O–H groups in total. The Hall–Kier alpha value is -3.52. The molecule has 2 fully saturated rings. The van der Waals surface area contributed by atoms with Crippen LogP contribution in [0, 0.1) is 5.41 Å². The number of amides is 1. The molecule has 40 heavy (non-hydrogen) atoms. The first kappa shape index (κ1) is 28.0. The number of aliphatic hydroxyl groups is 1. The standard InChI is InChI=1S/C26H30F3N5O5S/c1-32-20-5-3-17(14-22(20)34(24(32)37)16-26(27,28)29)30-23(36)19-4-2-18(31-40(38,39)13-12-35)15-21(19)33-10-8-25(6-7-25)9-11-33/h2-5,14-15,31,35H,6-13,16H2,1H3,(H,30,36). The molecule has 0 radical (unpaired) electrons. The molecule has 1 aliphatic heterocycles. The van der Waals surface area contributed by atoms with Gasteiger partial charge in [-0.3, -0.25) is 18.7 Å². The van der Waals surface area contributed by atoms with Gasteiger partial charge in [-0.2, -0.15) is 13.2 Å². The van der Waals surface area contributed by atoms with Gasteiger partial charge in [0.15, 0.2) is 0 Å². The fourth-order valence-electron chi connectivity index (χ4n) is 5.32. The summed E-state index contributed by atoms with van der Waals surface area (Å²) in [4.78, 5) is 27.9. The summed E-state index contributed by atoms with van der Waals surface area (Å²) < 4.78 is 68.0. The zero-order valence-corrected chi connectivity index (χ0v) is 22.6. The van der Waals surface area contributed by atoms with Gasteiger partial charge in [0.1, 0.15) is 6.54 Å². The van der Waals surface area contributed by atoms with Crippen molar-refractivity contribution in [2.24, 2.45) is 12.5 Å². The molecule has 1 saturated carbocycles. The largest absolute Gasteiger partial charge is 0.406 e. The molecule has 1 spiro atoms. The van der Waals surface area contributed by atoms with E-state index in [4.69, 9.17) is 5.11 Å². The van der Waals surface area contributed by atoms with Crippen LogP contribution in [0.4, 0.5) is 30.2 Å². The van der Waals surface area contributed by atoms with Crippen molar-refractivity contribution in [3.8, 4) is 0 Å². The molecule has 2 aromatic carbocycles. The van der Waals surface area contributed by atoms with Crippen molar-refractivity contribution in [1.29, 1.82) is 0 Å². The van der Waals surface area contributed by atoms with Crippen molar-refractivity contribution in [2.75, 3.05) is 40.4 Å². The molecule has 14 heteroatoms. The van der Waals surface area contributed by atoms with Crippen LogP contribution >= 0.6 is 0 Å². The van der Waals surface area contributed by atoms with Gasteiger partial charge in [0.2, 0.25) is 10.0 Å². The maximum Gasteiger partial charge on any atom is 0.406 e. The lowest BCUT2D eigenvalue weighted by atomic mass is 9.93. The molecule has 1 saturated heterocycles. The van der Waals surface area contributed by atoms with E-state index in [1.807, 2.05) is 4.90 Å². The predicted octanol–water partition coefficient (Wildman–Crippen LogP) is 3.27. The average molecular weight is 582 g/mol. The number of hydrogen-bond donors (Lipinski definition) is 3. The van der Waals surface area contributed by atoms with E-state index in [9.17, 15) is 31.2 Å². The predicted molar refractivity (Wildman–Crippen MR) is 145 cm³/mol. The first-order valence-electron chi connectivity index (χ1n) is 12.9. The van der Waals surface area contributed by atoms with E-state index in [-0.39, 0.29) is 28.0 Å². The Kier molecular flexibility index (Phi) is 7.11. The van der Waals surface area contributed by atoms with Crippen molar-refractivity contribution in [2.45, 2.75) is 38.4 Å². The van der Waals surface area contributed by atoms with Crippen LogP contribution in [0.3, 0.4) is 0 Å². The number of fused-ring (bicyclic) bond motifs is 1. The van der Waals surface area contributed by atoms with E-state index < -0.39 is 46.7 Å². The monoisotopic (exact) mass is 581 g/mol. The molecular formula is C26H30F3N5O5S. The smallest absolute Gasteiger partial charge is 0.395 e. The second kappa shape index (κ2) is 10.1. The molecule has 10 nitrogen and oxygen atoms in total. The topological polar surface area (TPSA) is 126 Å². The number of carbonyl (C=O) groups excluding carboxylic acids is 1. The van der Waals surface area contributed by atoms with Crippen LogP contribution in [-0.2, 0) is 23.6 Å². The first-order chi connectivity index (χ1) is 18.8. The van der Waals surface area contributed by atoms with Crippen molar-refractivity contribution in [1.82, 2.24) is 9.13 Å². The van der Waals surface area contributed by atoms with Crippen molar-refractivity contribution in [3.63, 3.8) is 0 Å². The highest BCUT2D eigenvalue weighted by atomic mass is 32.2. The number of sulfonamides is 1. The zero-order valence-electron chi connectivity index (χ0n) is 21.8. The number of anilines is 3. The molecule has 0 unspecified atom stereocenters. The number of hydrogen-bond acceptors (Lipinski definition) is 6. The molecule has 1 aromatic heterocycles. The van der Waals surface area contributed by atoms with E-state index in [1.54, 1.807) is 6.07 Å². The van der Waals surface area contributed by atoms with E-state index in [1.165, 1.54) is 50.2 Å². The molecule has 0 bridgehead atoms. The van der Waals surface area contributed by atoms with E-state index >= 15 is 0 Å². The minimum absolute atomic E-state index is 0.0299. The average Bonchev–Trinajstić information content (AvgIpc) is 3.59. The third-order valence-corrected chi connectivity index (χ3v) is 9.01. The highest BCUT2D eigenvalue weighted by molar-refractivity contribution is 7.92. The van der Waals surface area contributed by atoms with E-state index in [2.05, 4.69) is 10.0 Å². The third kappa shape index (κ3) is 5.82. The minimum Gasteiger partial charge on any atom is -0.395 e. The van der Waals surface area contributed by atoms with Crippen LogP contribution < -0.4 is 20.6 Å². The molecule has 2 heterocycles. The van der Waals surface area contributed by atoms with Crippen molar-refractivity contribution < 1.29 is 31.5 Å². The Labute approximate surface area is 228 Å². The molecule has 5 rings (SSSR count). The molecule has 3 aromatic rings. The van der Waals surface area contributed by atoms with Gasteiger partial charge in [-0.05, 0) is 67.5 Å². The number of alkyl halides is 3. The van der Waals surface area contributed by atoms with Gasteiger partial charge in [-0.25, -0.2) is 13.2 Å². The summed E-state index contributed by atoms with van der Waals surface area (Å²) in [6.07, 6.45) is -0.348. The zero-order chi connectivity index (χ0) is 28.9. The normalized spacial score (nSPS) is 16.9. The lowest BCUT2D eigenvalue weighted by Crippen LogP contribution is -2.35. The van der Waals surface area contributed by atoms with E-state index in [0.717, 1.165) is 17.4 Å². The molecule has 0 atom stereocenters. The molecule has 1 amide bonds. The Balaban J connectivity index is 1.46. The van der Waals surface area contributed by atoms with Gasteiger partial charge >= 0.3 is 11.9 Å². The number of piperidine rings is 1. The summed E-state index contributed by atoms with van der Waals surface area (Å²) in [5, 5.41) is 11.8. The van der Waals surface area contributed by atoms with Gasteiger partial charge in [0.05, 0.1) is 40.3 Å². The molecule has 2 aliphatic rings. The molecule has 216 valence electrons. The number of nitrogens with zero attached hydrogens (tertiary/aromatic N) is 3. The van der Waals surface area contributed by atoms with Gasteiger partial charge in [-0.15, -0.1) is 0 Å². The summed E-state index contributed by atoms with van der Waals surface area (Å²) in [5.74, 6) is -1.01. The van der Waals surface area contributed by atoms with Crippen LogP contribution in [0.1, 0.15) is 36.0 Å². The summed E-state index contributed by atoms with van der Waals surface area (Å²) in [6, 6.07) is 8.82. The quantitative estimate of drug-likeness (QED) is 0.375. The third-order valence-electron chi connectivity index (χ3n) is 7.74. The maximum atomic E-state index is 13.5. The maximum absolute atomic E-state index is 13.5. The van der Waals surface area contributed by atoms with Crippen LogP contribution in [-0.4, -0.2) is 60.2 Å². The number of aromatic nitrogens is 2. The van der Waals surface area contributed by atoms with Gasteiger partial charge in [-0.1, -0.05) is 0 Å². The van der Waals surface area contributed by atoms with Crippen molar-refractivity contribution >= 4 is 44.0 Å². The summed E-state index contributed by atoms with van der Waals surface area (Å²) >= 11 is 0. The van der Waals surface area contributed by atoms with Crippen LogP contribution in [0.15, 0.2) is 41.2 Å². The number of aliphatic hydroxyl groups excluding tert-OH is 1. The molecular weight excluding hydrogens is 551 g/mol. The number of halogens is 3. The molecule has 1 aliphatic carbocycles. The van der Waals surface area contributed by atoms with Crippen LogP contribution in [0.25, 0.3) is 11.0 Å². The lowest BCUT2D eigenvalue weighted by molar-refractivity contribution is -0.140. The number of carbonyl (C=O) groups is 1. The Morgan fingerprint density at radius 1 is 1.02 bits per heavy atom. The lowest BCUT2D eigenvalue weighted by Gasteiger charge is -2.35. The van der Waals surface area contributed by atoms with Crippen LogP contribution in [0.5, 0.6) is 0 Å². The van der Waals surface area contributed by atoms with Crippen LogP contribution in [0.2, 0.25) is 0 Å². The Morgan fingerprint density at radius 2 is 1.70 bits per heavy atom. The first-order valence-corrected chi connectivity index (χ1v) is 14.5. The highest BCUT2D eigenvalue weighted by Gasteiger charge is 2.44. The Morgan fingerprint density at radius 3 is 2.33 bits per heavy atom. The summed E-state index contributed by atoms with van der Waals surface area (Å²) in [6.45, 7) is -0.631. The highest BCUT2D eigenvalue weighted by Crippen LogP contribution is 2.54. The van der Waals surface area contributed by atoms with Gasteiger partial charge < -0.3 is 15.3 Å². The summed E-state index contributed by atoms with van der Waals surface area (Å²) in [7, 11) is -2.41. The fourth-order valence-corrected chi connectivity index (χ4v) is 6.15. The second-order valence-corrected chi connectivity index (χ2v) is 12.4. The second-order valence-electron chi connectivity index (χ2n) is 10.6. The number of aryl methyl sites for hydroxylation is 1. The Bertz CT molecular complexity index is 1620. The van der Waals surface area contributed by atoms with Gasteiger partial charge in [0.25, 0.3) is 5.91 Å².